The average molecular weight is 492 g/mol. The fourth-order valence-corrected chi connectivity index (χ4v) is 3.39. The van der Waals surface area contributed by atoms with Gasteiger partial charge in [-0.05, 0) is 18.2 Å². The van der Waals surface area contributed by atoms with Gasteiger partial charge in [0.2, 0.25) is 0 Å². The Bertz CT molecular complexity index is 1080. The summed E-state index contributed by atoms with van der Waals surface area (Å²) < 4.78 is 85.4. The summed E-state index contributed by atoms with van der Waals surface area (Å²) in [6.07, 6.45) is -8.79. The molecule has 0 radical (unpaired) electrons. The Kier molecular flexibility index (Phi) is 8.37. The van der Waals surface area contributed by atoms with Crippen molar-refractivity contribution in [1.29, 1.82) is 0 Å². The van der Waals surface area contributed by atoms with Gasteiger partial charge in [0, 0.05) is 20.2 Å². The van der Waals surface area contributed by atoms with Crippen LogP contribution in [0.25, 0.3) is 0 Å². The van der Waals surface area contributed by atoms with E-state index >= 15 is 0 Å². The first-order valence-corrected chi connectivity index (χ1v) is 13.5. The maximum Gasteiger partial charge on any atom is 0.423 e. The minimum atomic E-state index is -4.99. The van der Waals surface area contributed by atoms with Crippen LogP contribution in [0, 0.1) is 11.8 Å². The molecule has 33 heavy (non-hydrogen) atoms. The second-order valence-corrected chi connectivity index (χ2v) is 13.9. The zero-order valence-corrected chi connectivity index (χ0v) is 19.2. The molecule has 0 aliphatic heterocycles. The first-order valence-electron chi connectivity index (χ1n) is 9.84. The van der Waals surface area contributed by atoms with E-state index in [9.17, 15) is 31.1 Å². The van der Waals surface area contributed by atoms with Crippen LogP contribution in [0.4, 0.5) is 32.0 Å². The Morgan fingerprint density at radius 1 is 1.09 bits per heavy atom. The molecule has 0 unspecified atom stereocenters. The summed E-state index contributed by atoms with van der Waals surface area (Å²) in [7, 11) is -1.41. The first-order chi connectivity index (χ1) is 15.2. The molecule has 0 aliphatic rings. The number of anilines is 1. The van der Waals surface area contributed by atoms with Crippen LogP contribution in [0.5, 0.6) is 0 Å². The number of nitrogens with zero attached hydrogens (tertiary/aromatic N) is 2. The molecular weight excluding hydrogens is 468 g/mol. The van der Waals surface area contributed by atoms with Crippen LogP contribution >= 0.6 is 0 Å². The van der Waals surface area contributed by atoms with E-state index in [1.54, 1.807) is 0 Å². The van der Waals surface area contributed by atoms with Crippen molar-refractivity contribution in [2.45, 2.75) is 44.8 Å². The summed E-state index contributed by atoms with van der Waals surface area (Å²) in [5, 5.41) is 6.02. The summed E-state index contributed by atoms with van der Waals surface area (Å²) in [4.78, 5) is 12.3. The Labute approximate surface area is 187 Å². The number of hydrogen-bond donors (Lipinski definition) is 1. The second kappa shape index (κ2) is 10.4. The molecule has 0 saturated carbocycles. The Morgan fingerprint density at radius 2 is 1.76 bits per heavy atom. The molecule has 5 nitrogen and oxygen atoms in total. The number of rotatable bonds is 7. The topological polar surface area (TPSA) is 56.1 Å². The van der Waals surface area contributed by atoms with E-state index < -0.39 is 56.1 Å². The lowest BCUT2D eigenvalue weighted by Gasteiger charge is -2.17. The summed E-state index contributed by atoms with van der Waals surface area (Å²) in [6.45, 7) is 5.74. The van der Waals surface area contributed by atoms with Crippen LogP contribution in [0.15, 0.2) is 35.3 Å². The van der Waals surface area contributed by atoms with Gasteiger partial charge in [0.15, 0.2) is 0 Å². The molecule has 0 bridgehead atoms. The van der Waals surface area contributed by atoms with Crippen LogP contribution < -0.4 is 10.9 Å². The van der Waals surface area contributed by atoms with E-state index in [1.807, 2.05) is 0 Å². The van der Waals surface area contributed by atoms with E-state index in [2.05, 4.69) is 41.9 Å². The van der Waals surface area contributed by atoms with E-state index in [0.717, 1.165) is 24.4 Å². The molecule has 1 aromatic heterocycles. The molecule has 1 heterocycles. The number of aromatic nitrogens is 2. The van der Waals surface area contributed by atoms with Crippen molar-refractivity contribution in [2.24, 2.45) is 0 Å². The van der Waals surface area contributed by atoms with Crippen LogP contribution in [0.2, 0.25) is 25.7 Å². The average Bonchev–Trinajstić information content (AvgIpc) is 2.67. The molecule has 1 aromatic carbocycles. The van der Waals surface area contributed by atoms with Gasteiger partial charge < -0.3 is 10.1 Å². The third-order valence-corrected chi connectivity index (χ3v) is 6.06. The Morgan fingerprint density at radius 3 is 2.36 bits per heavy atom. The van der Waals surface area contributed by atoms with E-state index in [4.69, 9.17) is 4.74 Å². The van der Waals surface area contributed by atoms with Gasteiger partial charge in [-0.2, -0.15) is 31.4 Å². The molecule has 2 aromatic rings. The largest absolute Gasteiger partial charge is 0.423 e. The molecule has 0 saturated heterocycles. The van der Waals surface area contributed by atoms with Gasteiger partial charge in [-0.25, -0.2) is 4.68 Å². The van der Waals surface area contributed by atoms with Gasteiger partial charge in [0.1, 0.15) is 12.3 Å². The highest BCUT2D eigenvalue weighted by molar-refractivity contribution is 6.76. The third kappa shape index (κ3) is 7.94. The van der Waals surface area contributed by atoms with Gasteiger partial charge in [-0.3, -0.25) is 4.79 Å². The zero-order chi connectivity index (χ0) is 24.9. The van der Waals surface area contributed by atoms with Gasteiger partial charge >= 0.3 is 12.4 Å². The van der Waals surface area contributed by atoms with Crippen molar-refractivity contribution in [3.63, 3.8) is 0 Å². The number of alkyl halides is 6. The lowest BCUT2D eigenvalue weighted by molar-refractivity contribution is -0.139. The SMILES string of the molecule is C[Si](C)(C)CCOCn1ncc(NCC#Cc2ccccc2C(F)(F)F)c(C(F)(F)F)c1=O. The normalized spacial score (nSPS) is 12.3. The van der Waals surface area contributed by atoms with E-state index in [-0.39, 0.29) is 5.56 Å². The van der Waals surface area contributed by atoms with Gasteiger partial charge in [0.05, 0.1) is 24.0 Å². The monoisotopic (exact) mass is 491 g/mol. The summed E-state index contributed by atoms with van der Waals surface area (Å²) in [5.41, 5.74) is -4.76. The molecule has 0 aliphatic carbocycles. The highest BCUT2D eigenvalue weighted by Gasteiger charge is 2.38. The van der Waals surface area contributed by atoms with Crippen molar-refractivity contribution in [2.75, 3.05) is 18.5 Å². The zero-order valence-electron chi connectivity index (χ0n) is 18.2. The quantitative estimate of drug-likeness (QED) is 0.255. The molecule has 1 N–H and O–H groups in total. The van der Waals surface area contributed by atoms with E-state index in [1.165, 1.54) is 12.1 Å². The molecule has 0 atom stereocenters. The van der Waals surface area contributed by atoms with Crippen LogP contribution in [-0.2, 0) is 23.8 Å². The van der Waals surface area contributed by atoms with Crippen LogP contribution in [0.1, 0.15) is 16.7 Å². The van der Waals surface area contributed by atoms with Gasteiger partial charge in [-0.15, -0.1) is 0 Å². The van der Waals surface area contributed by atoms with Crippen molar-refractivity contribution >= 4 is 13.8 Å². The van der Waals surface area contributed by atoms with E-state index in [0.29, 0.717) is 11.3 Å². The maximum atomic E-state index is 13.5. The fourth-order valence-electron chi connectivity index (χ4n) is 2.64. The van der Waals surface area contributed by atoms with Gasteiger partial charge in [-0.1, -0.05) is 43.6 Å². The first kappa shape index (κ1) is 26.5. The van der Waals surface area contributed by atoms with Gasteiger partial charge in [0.25, 0.3) is 5.56 Å². The predicted molar refractivity (Wildman–Crippen MR) is 114 cm³/mol. The fraction of sp³-hybridized carbons (Fsp3) is 0.429. The molecule has 12 heteroatoms. The van der Waals surface area contributed by atoms with Crippen molar-refractivity contribution in [3.05, 3.63) is 57.5 Å². The number of benzene rings is 1. The summed E-state index contributed by atoms with van der Waals surface area (Å²) in [5.74, 6) is 4.63. The smallest absolute Gasteiger partial charge is 0.372 e. The van der Waals surface area contributed by atoms with Crippen molar-refractivity contribution in [3.8, 4) is 11.8 Å². The Balaban J connectivity index is 2.18. The maximum absolute atomic E-state index is 13.5. The Hall–Kier alpha value is -2.78. The molecular formula is C21H23F6N3O2Si. The van der Waals surface area contributed by atoms with Crippen LogP contribution in [0.3, 0.4) is 0 Å². The number of halogens is 6. The minimum Gasteiger partial charge on any atom is -0.372 e. The standard InChI is InChI=1S/C21H23F6N3O2Si/c1-33(2,3)12-11-32-14-30-19(31)18(21(25,26)27)17(13-29-30)28-10-6-8-15-7-4-5-9-16(15)20(22,23)24/h4-5,7,9,13,28H,10-12,14H2,1-3H3. The minimum absolute atomic E-state index is 0.292. The van der Waals surface area contributed by atoms with Crippen LogP contribution in [-0.4, -0.2) is 31.0 Å². The lowest BCUT2D eigenvalue weighted by atomic mass is 10.1. The number of hydrogen-bond acceptors (Lipinski definition) is 4. The summed E-state index contributed by atoms with van der Waals surface area (Å²) >= 11 is 0. The number of ether oxygens (including phenoxy) is 1. The molecule has 180 valence electrons. The highest BCUT2D eigenvalue weighted by Crippen LogP contribution is 2.32. The third-order valence-electron chi connectivity index (χ3n) is 4.36. The number of nitrogens with one attached hydrogen (secondary N) is 1. The summed E-state index contributed by atoms with van der Waals surface area (Å²) in [6, 6.07) is 5.35. The molecule has 0 amide bonds. The highest BCUT2D eigenvalue weighted by atomic mass is 28.3. The lowest BCUT2D eigenvalue weighted by Crippen LogP contribution is -2.33. The second-order valence-electron chi connectivity index (χ2n) is 8.28. The molecule has 0 spiro atoms. The van der Waals surface area contributed by atoms with Crippen molar-refractivity contribution in [1.82, 2.24) is 9.78 Å². The molecule has 0 fully saturated rings. The molecule has 2 rings (SSSR count). The predicted octanol–water partition coefficient (Wildman–Crippen LogP) is 5.06. The van der Waals surface area contributed by atoms with Crippen molar-refractivity contribution < 1.29 is 31.1 Å².